The molecule has 1 aromatic carbocycles. The van der Waals surface area contributed by atoms with Crippen molar-refractivity contribution < 1.29 is 9.53 Å². The predicted octanol–water partition coefficient (Wildman–Crippen LogP) is 4.21. The first-order valence-corrected chi connectivity index (χ1v) is 11.1. The molecular weight excluding hydrogens is 376 g/mol. The van der Waals surface area contributed by atoms with Gasteiger partial charge in [-0.2, -0.15) is 4.98 Å². The largest absolute Gasteiger partial charge is 0.489 e. The minimum atomic E-state index is 0.147. The Balaban J connectivity index is 1.34. The minimum absolute atomic E-state index is 0.147. The number of anilines is 2. The van der Waals surface area contributed by atoms with Crippen molar-refractivity contribution in [3.8, 4) is 5.75 Å². The van der Waals surface area contributed by atoms with Crippen molar-refractivity contribution in [2.45, 2.75) is 64.0 Å². The molecule has 0 amide bonds. The summed E-state index contributed by atoms with van der Waals surface area (Å²) in [5.41, 5.74) is 1.18. The van der Waals surface area contributed by atoms with Gasteiger partial charge in [-0.25, -0.2) is 4.98 Å². The summed E-state index contributed by atoms with van der Waals surface area (Å²) in [5.74, 6) is 3.14. The van der Waals surface area contributed by atoms with Crippen molar-refractivity contribution in [3.63, 3.8) is 0 Å². The second-order valence-corrected chi connectivity index (χ2v) is 8.76. The lowest BCUT2D eigenvalue weighted by Crippen LogP contribution is -2.38. The summed E-state index contributed by atoms with van der Waals surface area (Å²) >= 11 is 0. The first-order chi connectivity index (χ1) is 14.5. The Labute approximate surface area is 179 Å². The fraction of sp³-hybridized carbons (Fsp3) is 0.542. The van der Waals surface area contributed by atoms with Gasteiger partial charge in [-0.05, 0) is 55.9 Å². The number of ether oxygens (including phenoxy) is 1. The monoisotopic (exact) mass is 408 g/mol. The molecule has 2 fully saturated rings. The second-order valence-electron chi connectivity index (χ2n) is 8.76. The number of rotatable bonds is 8. The van der Waals surface area contributed by atoms with Gasteiger partial charge >= 0.3 is 0 Å². The van der Waals surface area contributed by atoms with E-state index >= 15 is 0 Å². The van der Waals surface area contributed by atoms with Crippen molar-refractivity contribution in [1.82, 2.24) is 9.97 Å². The van der Waals surface area contributed by atoms with Crippen molar-refractivity contribution in [3.05, 3.63) is 42.1 Å². The van der Waals surface area contributed by atoms with E-state index in [2.05, 4.69) is 40.9 Å². The van der Waals surface area contributed by atoms with Crippen LogP contribution in [-0.2, 0) is 4.79 Å². The summed E-state index contributed by atoms with van der Waals surface area (Å²) in [6.45, 7) is 5.49. The number of carbonyl (C=O) groups excluding carboxylic acids is 1. The van der Waals surface area contributed by atoms with E-state index in [9.17, 15) is 4.79 Å². The summed E-state index contributed by atoms with van der Waals surface area (Å²) < 4.78 is 6.22. The van der Waals surface area contributed by atoms with E-state index in [0.29, 0.717) is 12.5 Å². The minimum Gasteiger partial charge on any atom is -0.489 e. The number of ketones is 1. The predicted molar refractivity (Wildman–Crippen MR) is 119 cm³/mol. The van der Waals surface area contributed by atoms with Crippen LogP contribution in [0.3, 0.4) is 0 Å². The standard InChI is InChI=1S/C24H32N4O2/c1-17(15-18(2)29)19-7-9-21(10-8-19)30-22-12-14-28(16-22)23-11-13-25-24(26-23)27(3)20-5-4-6-20/h7-11,13,17,20,22H,4-6,12,14-16H2,1-3H3/t17-,22-/m1/s1. The zero-order chi connectivity index (χ0) is 21.1. The molecule has 160 valence electrons. The number of hydrogen-bond acceptors (Lipinski definition) is 6. The third-order valence-corrected chi connectivity index (χ3v) is 6.38. The maximum Gasteiger partial charge on any atom is 0.227 e. The highest BCUT2D eigenvalue weighted by Gasteiger charge is 2.27. The van der Waals surface area contributed by atoms with Crippen LogP contribution >= 0.6 is 0 Å². The number of carbonyl (C=O) groups is 1. The summed E-state index contributed by atoms with van der Waals surface area (Å²) in [6.07, 6.45) is 7.33. The van der Waals surface area contributed by atoms with Crippen molar-refractivity contribution in [1.29, 1.82) is 0 Å². The third kappa shape index (κ3) is 4.74. The smallest absolute Gasteiger partial charge is 0.227 e. The molecule has 1 aliphatic carbocycles. The van der Waals surface area contributed by atoms with Crippen LogP contribution in [0.1, 0.15) is 57.4 Å². The van der Waals surface area contributed by atoms with E-state index in [1.54, 1.807) is 6.92 Å². The van der Waals surface area contributed by atoms with Gasteiger partial charge in [-0.3, -0.25) is 0 Å². The average molecular weight is 409 g/mol. The Kier molecular flexibility index (Phi) is 6.21. The Morgan fingerprint density at radius 2 is 2.00 bits per heavy atom. The van der Waals surface area contributed by atoms with Crippen molar-refractivity contribution >= 4 is 17.5 Å². The molecule has 2 heterocycles. The lowest BCUT2D eigenvalue weighted by Gasteiger charge is -2.35. The number of aromatic nitrogens is 2. The maximum absolute atomic E-state index is 11.3. The lowest BCUT2D eigenvalue weighted by molar-refractivity contribution is -0.117. The number of nitrogens with zero attached hydrogens (tertiary/aromatic N) is 4. The molecule has 0 N–H and O–H groups in total. The van der Waals surface area contributed by atoms with E-state index in [-0.39, 0.29) is 17.8 Å². The molecule has 0 spiro atoms. The van der Waals surface area contributed by atoms with Gasteiger partial charge in [0.1, 0.15) is 23.5 Å². The van der Waals surface area contributed by atoms with Gasteiger partial charge in [0.2, 0.25) is 5.95 Å². The summed E-state index contributed by atoms with van der Waals surface area (Å²) in [4.78, 5) is 25.1. The molecule has 2 aliphatic rings. The third-order valence-electron chi connectivity index (χ3n) is 6.38. The molecule has 6 heteroatoms. The van der Waals surface area contributed by atoms with E-state index in [4.69, 9.17) is 9.72 Å². The number of benzene rings is 1. The second kappa shape index (κ2) is 9.02. The van der Waals surface area contributed by atoms with Crippen LogP contribution in [0.4, 0.5) is 11.8 Å². The number of Topliss-reactive ketones (excluding diaryl/α,β-unsaturated/α-hetero) is 1. The van der Waals surface area contributed by atoms with Crippen molar-refractivity contribution in [2.75, 3.05) is 29.9 Å². The molecule has 2 atom stereocenters. The highest BCUT2D eigenvalue weighted by Crippen LogP contribution is 2.28. The van der Waals surface area contributed by atoms with Crippen LogP contribution in [0, 0.1) is 0 Å². The van der Waals surface area contributed by atoms with Gasteiger partial charge < -0.3 is 19.3 Å². The lowest BCUT2D eigenvalue weighted by atomic mass is 9.92. The van der Waals surface area contributed by atoms with Crippen LogP contribution in [0.25, 0.3) is 0 Å². The van der Waals surface area contributed by atoms with E-state index in [0.717, 1.165) is 37.0 Å². The van der Waals surface area contributed by atoms with Crippen LogP contribution in [0.5, 0.6) is 5.75 Å². The van der Waals surface area contributed by atoms with Crippen LogP contribution in [0.15, 0.2) is 36.5 Å². The quantitative estimate of drug-likeness (QED) is 0.652. The Morgan fingerprint density at radius 3 is 2.67 bits per heavy atom. The molecule has 6 nitrogen and oxygen atoms in total. The van der Waals surface area contributed by atoms with Crippen LogP contribution in [-0.4, -0.2) is 48.0 Å². The summed E-state index contributed by atoms with van der Waals surface area (Å²) in [6, 6.07) is 10.8. The van der Waals surface area contributed by atoms with Gasteiger partial charge in [0.15, 0.2) is 0 Å². The van der Waals surface area contributed by atoms with Crippen LogP contribution < -0.4 is 14.5 Å². The molecule has 0 radical (unpaired) electrons. The van der Waals surface area contributed by atoms with Crippen LogP contribution in [0.2, 0.25) is 0 Å². The van der Waals surface area contributed by atoms with Gasteiger partial charge in [-0.1, -0.05) is 19.1 Å². The first-order valence-electron chi connectivity index (χ1n) is 11.1. The average Bonchev–Trinajstić information content (AvgIpc) is 3.15. The van der Waals surface area contributed by atoms with E-state index in [1.165, 1.54) is 24.8 Å². The molecular formula is C24H32N4O2. The zero-order valence-electron chi connectivity index (χ0n) is 18.3. The fourth-order valence-corrected chi connectivity index (χ4v) is 4.27. The highest BCUT2D eigenvalue weighted by atomic mass is 16.5. The molecule has 30 heavy (non-hydrogen) atoms. The van der Waals surface area contributed by atoms with Gasteiger partial charge in [0.25, 0.3) is 0 Å². The zero-order valence-corrected chi connectivity index (χ0v) is 18.3. The fourth-order valence-electron chi connectivity index (χ4n) is 4.27. The summed E-state index contributed by atoms with van der Waals surface area (Å²) in [7, 11) is 2.10. The molecule has 2 aromatic rings. The normalized spacial score (nSPS) is 20.0. The van der Waals surface area contributed by atoms with Crippen molar-refractivity contribution in [2.24, 2.45) is 0 Å². The Hall–Kier alpha value is -2.63. The molecule has 0 unspecified atom stereocenters. The Morgan fingerprint density at radius 1 is 1.23 bits per heavy atom. The topological polar surface area (TPSA) is 58.6 Å². The van der Waals surface area contributed by atoms with Gasteiger partial charge in [0, 0.05) is 38.7 Å². The molecule has 1 aromatic heterocycles. The molecule has 1 saturated heterocycles. The van der Waals surface area contributed by atoms with E-state index < -0.39 is 0 Å². The molecule has 1 aliphatic heterocycles. The number of hydrogen-bond donors (Lipinski definition) is 0. The van der Waals surface area contributed by atoms with Gasteiger partial charge in [-0.15, -0.1) is 0 Å². The van der Waals surface area contributed by atoms with Gasteiger partial charge in [0.05, 0.1) is 6.54 Å². The molecule has 0 bridgehead atoms. The Bertz CT molecular complexity index is 866. The molecule has 4 rings (SSSR count). The maximum atomic E-state index is 11.3. The van der Waals surface area contributed by atoms with E-state index in [1.807, 2.05) is 24.4 Å². The molecule has 1 saturated carbocycles. The highest BCUT2D eigenvalue weighted by molar-refractivity contribution is 5.76. The SMILES string of the molecule is CC(=O)C[C@@H](C)c1ccc(O[C@@H]2CCN(c3ccnc(N(C)C4CCC4)n3)C2)cc1. The summed E-state index contributed by atoms with van der Waals surface area (Å²) in [5, 5.41) is 0. The first kappa shape index (κ1) is 20.6.